The molecule has 0 aliphatic heterocycles. The highest BCUT2D eigenvalue weighted by Gasteiger charge is 2.51. The summed E-state index contributed by atoms with van der Waals surface area (Å²) in [6.07, 6.45) is 0.784. The Morgan fingerprint density at radius 2 is 1.77 bits per heavy atom. The topological polar surface area (TPSA) is 49.3 Å². The predicted octanol–water partition coefficient (Wildman–Crippen LogP) is 2.71. The maximum absolute atomic E-state index is 13.0. The van der Waals surface area contributed by atoms with Gasteiger partial charge in [-0.1, -0.05) is 42.5 Å². The van der Waals surface area contributed by atoms with Crippen molar-refractivity contribution in [2.24, 2.45) is 0 Å². The first-order valence-corrected chi connectivity index (χ1v) is 7.39. The first-order chi connectivity index (χ1) is 10.6. The predicted molar refractivity (Wildman–Crippen MR) is 81.7 cm³/mol. The van der Waals surface area contributed by atoms with Gasteiger partial charge in [-0.25, -0.2) is 4.39 Å². The van der Waals surface area contributed by atoms with Gasteiger partial charge in [0.25, 0.3) is 0 Å². The van der Waals surface area contributed by atoms with E-state index in [1.54, 1.807) is 12.1 Å². The van der Waals surface area contributed by atoms with E-state index in [2.05, 4.69) is 5.32 Å². The normalized spacial score (nSPS) is 16.8. The van der Waals surface area contributed by atoms with Gasteiger partial charge in [0, 0.05) is 6.54 Å². The van der Waals surface area contributed by atoms with Crippen LogP contribution in [0.5, 0.6) is 0 Å². The molecule has 114 valence electrons. The summed E-state index contributed by atoms with van der Waals surface area (Å²) in [4.78, 5) is 12.4. The van der Waals surface area contributed by atoms with Crippen molar-refractivity contribution in [2.45, 2.75) is 24.4 Å². The van der Waals surface area contributed by atoms with E-state index in [1.807, 2.05) is 30.3 Å². The molecule has 2 N–H and O–H groups in total. The van der Waals surface area contributed by atoms with E-state index in [1.165, 1.54) is 12.1 Å². The third kappa shape index (κ3) is 2.88. The van der Waals surface area contributed by atoms with Gasteiger partial charge in [0.05, 0.1) is 11.5 Å². The van der Waals surface area contributed by atoms with Gasteiger partial charge in [-0.3, -0.25) is 4.79 Å². The van der Waals surface area contributed by atoms with Gasteiger partial charge in [0.1, 0.15) is 5.82 Å². The third-order valence-electron chi connectivity index (χ3n) is 4.22. The zero-order chi connectivity index (χ0) is 15.6. The van der Waals surface area contributed by atoms with Crippen molar-refractivity contribution in [3.63, 3.8) is 0 Å². The van der Waals surface area contributed by atoms with Crippen LogP contribution in [0.25, 0.3) is 0 Å². The Kier molecular flexibility index (Phi) is 3.94. The van der Waals surface area contributed by atoms with Gasteiger partial charge in [0.15, 0.2) is 0 Å². The minimum absolute atomic E-state index is 0.103. The minimum Gasteiger partial charge on any atom is -0.387 e. The van der Waals surface area contributed by atoms with Crippen molar-refractivity contribution < 1.29 is 14.3 Å². The Hall–Kier alpha value is -2.20. The molecule has 1 atom stereocenters. The fraction of sp³-hybridized carbons (Fsp3) is 0.278. The summed E-state index contributed by atoms with van der Waals surface area (Å²) in [6, 6.07) is 15.3. The first kappa shape index (κ1) is 14.7. The molecule has 0 unspecified atom stereocenters. The second kappa shape index (κ2) is 5.89. The Labute approximate surface area is 128 Å². The molecule has 0 spiro atoms. The van der Waals surface area contributed by atoms with Crippen molar-refractivity contribution >= 4 is 5.91 Å². The third-order valence-corrected chi connectivity index (χ3v) is 4.22. The molecule has 4 heteroatoms. The van der Waals surface area contributed by atoms with Crippen LogP contribution in [0, 0.1) is 5.82 Å². The number of aliphatic hydroxyl groups excluding tert-OH is 1. The lowest BCUT2D eigenvalue weighted by molar-refractivity contribution is -0.124. The number of rotatable bonds is 5. The second-order valence-corrected chi connectivity index (χ2v) is 5.73. The molecule has 1 aliphatic carbocycles. The van der Waals surface area contributed by atoms with Crippen LogP contribution in [0.1, 0.15) is 30.1 Å². The van der Waals surface area contributed by atoms with E-state index in [0.29, 0.717) is 0 Å². The van der Waals surface area contributed by atoms with Crippen LogP contribution in [0.2, 0.25) is 0 Å². The number of carbonyl (C=O) groups is 1. The molecule has 1 saturated carbocycles. The summed E-state index contributed by atoms with van der Waals surface area (Å²) in [6.45, 7) is 0.172. The number of benzene rings is 2. The first-order valence-electron chi connectivity index (χ1n) is 7.39. The number of amides is 1. The van der Waals surface area contributed by atoms with Gasteiger partial charge in [-0.2, -0.15) is 0 Å². The molecule has 1 amide bonds. The van der Waals surface area contributed by atoms with Crippen LogP contribution in [-0.2, 0) is 10.2 Å². The number of hydrogen-bond acceptors (Lipinski definition) is 2. The van der Waals surface area contributed by atoms with Crippen LogP contribution in [0.3, 0.4) is 0 Å². The molecule has 0 radical (unpaired) electrons. The smallest absolute Gasteiger partial charge is 0.230 e. The molecule has 0 heterocycles. The van der Waals surface area contributed by atoms with E-state index in [-0.39, 0.29) is 18.3 Å². The SMILES string of the molecule is O=C(NC[C@H](O)c1ccccc1)C1(c2ccc(F)cc2)CC1. The Bertz CT molecular complexity index is 651. The van der Waals surface area contributed by atoms with Crippen LogP contribution >= 0.6 is 0 Å². The minimum atomic E-state index is -0.728. The van der Waals surface area contributed by atoms with Crippen LogP contribution in [0.15, 0.2) is 54.6 Å². The van der Waals surface area contributed by atoms with Gasteiger partial charge in [-0.05, 0) is 36.1 Å². The molecule has 1 fully saturated rings. The summed E-state index contributed by atoms with van der Waals surface area (Å²) in [5, 5.41) is 12.9. The molecule has 0 saturated heterocycles. The lowest BCUT2D eigenvalue weighted by Gasteiger charge is -2.18. The number of nitrogens with one attached hydrogen (secondary N) is 1. The van der Waals surface area contributed by atoms with E-state index in [0.717, 1.165) is 24.0 Å². The molecular formula is C18H18FNO2. The quantitative estimate of drug-likeness (QED) is 0.892. The number of aliphatic hydroxyl groups is 1. The van der Waals surface area contributed by atoms with Gasteiger partial charge in [0.2, 0.25) is 5.91 Å². The van der Waals surface area contributed by atoms with E-state index < -0.39 is 11.5 Å². The maximum Gasteiger partial charge on any atom is 0.230 e. The number of hydrogen-bond donors (Lipinski definition) is 2. The summed E-state index contributed by atoms with van der Waals surface area (Å²) in [5.74, 6) is -0.409. The van der Waals surface area contributed by atoms with Gasteiger partial charge < -0.3 is 10.4 Å². The van der Waals surface area contributed by atoms with Gasteiger partial charge >= 0.3 is 0 Å². The Balaban J connectivity index is 1.64. The molecule has 2 aromatic rings. The molecule has 0 aromatic heterocycles. The summed E-state index contributed by atoms with van der Waals surface area (Å²) in [7, 11) is 0. The van der Waals surface area contributed by atoms with Crippen molar-refractivity contribution in [3.8, 4) is 0 Å². The largest absolute Gasteiger partial charge is 0.387 e. The van der Waals surface area contributed by atoms with Crippen LogP contribution < -0.4 is 5.32 Å². The lowest BCUT2D eigenvalue weighted by Crippen LogP contribution is -2.37. The van der Waals surface area contributed by atoms with Crippen molar-refractivity contribution in [3.05, 3.63) is 71.5 Å². The molecular weight excluding hydrogens is 281 g/mol. The van der Waals surface area contributed by atoms with Crippen LogP contribution in [0.4, 0.5) is 4.39 Å². The van der Waals surface area contributed by atoms with E-state index in [4.69, 9.17) is 0 Å². The summed E-state index contributed by atoms with van der Waals surface area (Å²) < 4.78 is 13.0. The maximum atomic E-state index is 13.0. The molecule has 1 aliphatic rings. The molecule has 0 bridgehead atoms. The Morgan fingerprint density at radius 3 is 2.36 bits per heavy atom. The standard InChI is InChI=1S/C18H18FNO2/c19-15-8-6-14(7-9-15)18(10-11-18)17(22)20-12-16(21)13-4-2-1-3-5-13/h1-9,16,21H,10-12H2,(H,20,22)/t16-/m0/s1. The zero-order valence-electron chi connectivity index (χ0n) is 12.1. The summed E-state index contributed by atoms with van der Waals surface area (Å²) >= 11 is 0. The van der Waals surface area contributed by atoms with Crippen molar-refractivity contribution in [2.75, 3.05) is 6.54 Å². The van der Waals surface area contributed by atoms with Crippen molar-refractivity contribution in [1.29, 1.82) is 0 Å². The summed E-state index contributed by atoms with van der Waals surface area (Å²) in [5.41, 5.74) is 1.06. The number of carbonyl (C=O) groups excluding carboxylic acids is 1. The average Bonchev–Trinajstić information content (AvgIpc) is 3.35. The highest BCUT2D eigenvalue weighted by molar-refractivity contribution is 5.91. The highest BCUT2D eigenvalue weighted by Crippen LogP contribution is 2.48. The monoisotopic (exact) mass is 299 g/mol. The van der Waals surface area contributed by atoms with E-state index in [9.17, 15) is 14.3 Å². The molecule has 2 aromatic carbocycles. The zero-order valence-corrected chi connectivity index (χ0v) is 12.1. The number of halogens is 1. The molecule has 22 heavy (non-hydrogen) atoms. The molecule has 3 nitrogen and oxygen atoms in total. The fourth-order valence-electron chi connectivity index (χ4n) is 2.69. The second-order valence-electron chi connectivity index (χ2n) is 5.73. The van der Waals surface area contributed by atoms with Crippen molar-refractivity contribution in [1.82, 2.24) is 5.32 Å². The van der Waals surface area contributed by atoms with Gasteiger partial charge in [-0.15, -0.1) is 0 Å². The van der Waals surface area contributed by atoms with E-state index >= 15 is 0 Å². The lowest BCUT2D eigenvalue weighted by atomic mass is 9.95. The van der Waals surface area contributed by atoms with Crippen LogP contribution in [-0.4, -0.2) is 17.6 Å². The highest BCUT2D eigenvalue weighted by atomic mass is 19.1. The molecule has 3 rings (SSSR count). The Morgan fingerprint density at radius 1 is 1.14 bits per heavy atom. The average molecular weight is 299 g/mol. The fourth-order valence-corrected chi connectivity index (χ4v) is 2.69.